The number of rotatable bonds is 5. The SMILES string of the molecule is CC(C)(C)c1nc(CS(N)(=O)=O)sc1CNC1CC1. The topological polar surface area (TPSA) is 85.1 Å². The van der Waals surface area contributed by atoms with Crippen LogP contribution in [0.15, 0.2) is 0 Å². The van der Waals surface area contributed by atoms with Gasteiger partial charge in [0.25, 0.3) is 0 Å². The number of nitrogens with one attached hydrogen (secondary N) is 1. The second-order valence-electron chi connectivity index (χ2n) is 6.09. The van der Waals surface area contributed by atoms with Gasteiger partial charge in [0.2, 0.25) is 10.0 Å². The van der Waals surface area contributed by atoms with E-state index in [-0.39, 0.29) is 11.2 Å². The van der Waals surface area contributed by atoms with Crippen molar-refractivity contribution in [3.05, 3.63) is 15.6 Å². The van der Waals surface area contributed by atoms with Crippen LogP contribution >= 0.6 is 11.3 Å². The Bertz CT molecular complexity index is 554. The highest BCUT2D eigenvalue weighted by Gasteiger charge is 2.26. The van der Waals surface area contributed by atoms with E-state index in [1.807, 2.05) is 0 Å². The molecule has 0 spiro atoms. The summed E-state index contributed by atoms with van der Waals surface area (Å²) in [6.45, 7) is 7.02. The molecule has 1 aromatic rings. The number of primary sulfonamides is 1. The molecule has 0 atom stereocenters. The van der Waals surface area contributed by atoms with Crippen molar-refractivity contribution < 1.29 is 8.42 Å². The molecule has 0 aromatic carbocycles. The van der Waals surface area contributed by atoms with E-state index >= 15 is 0 Å². The van der Waals surface area contributed by atoms with Gasteiger partial charge < -0.3 is 5.32 Å². The summed E-state index contributed by atoms with van der Waals surface area (Å²) < 4.78 is 22.4. The van der Waals surface area contributed by atoms with Gasteiger partial charge in [-0.2, -0.15) is 0 Å². The smallest absolute Gasteiger partial charge is 0.215 e. The first kappa shape index (κ1) is 14.9. The minimum absolute atomic E-state index is 0.0896. The summed E-state index contributed by atoms with van der Waals surface area (Å²) >= 11 is 1.45. The Labute approximate surface area is 118 Å². The highest BCUT2D eigenvalue weighted by molar-refractivity contribution is 7.88. The van der Waals surface area contributed by atoms with Crippen LogP contribution in [0.2, 0.25) is 0 Å². The van der Waals surface area contributed by atoms with Crippen molar-refractivity contribution in [2.45, 2.75) is 57.4 Å². The molecule has 5 nitrogen and oxygen atoms in total. The van der Waals surface area contributed by atoms with E-state index in [0.29, 0.717) is 11.0 Å². The first-order valence-electron chi connectivity index (χ1n) is 6.38. The van der Waals surface area contributed by atoms with Crippen molar-refractivity contribution in [2.24, 2.45) is 5.14 Å². The van der Waals surface area contributed by atoms with E-state index in [9.17, 15) is 8.42 Å². The zero-order valence-electron chi connectivity index (χ0n) is 11.6. The van der Waals surface area contributed by atoms with E-state index in [2.05, 4.69) is 31.1 Å². The number of aromatic nitrogens is 1. The number of sulfonamides is 1. The fourth-order valence-electron chi connectivity index (χ4n) is 1.86. The molecule has 1 aliphatic rings. The third-order valence-electron chi connectivity index (χ3n) is 2.91. The van der Waals surface area contributed by atoms with Crippen LogP contribution in [-0.2, 0) is 27.7 Å². The molecule has 3 N–H and O–H groups in total. The molecule has 1 aliphatic carbocycles. The van der Waals surface area contributed by atoms with Crippen LogP contribution in [-0.4, -0.2) is 19.4 Å². The van der Waals surface area contributed by atoms with Crippen LogP contribution in [0, 0.1) is 0 Å². The predicted molar refractivity (Wildman–Crippen MR) is 77.5 cm³/mol. The van der Waals surface area contributed by atoms with Crippen LogP contribution < -0.4 is 10.5 Å². The van der Waals surface area contributed by atoms with Crippen molar-refractivity contribution in [3.8, 4) is 0 Å². The monoisotopic (exact) mass is 303 g/mol. The van der Waals surface area contributed by atoms with Crippen LogP contribution in [0.3, 0.4) is 0 Å². The van der Waals surface area contributed by atoms with Crippen molar-refractivity contribution in [3.63, 3.8) is 0 Å². The summed E-state index contributed by atoms with van der Waals surface area (Å²) in [5, 5.41) is 9.13. The van der Waals surface area contributed by atoms with Crippen LogP contribution in [0.1, 0.15) is 49.2 Å². The van der Waals surface area contributed by atoms with E-state index in [4.69, 9.17) is 5.14 Å². The normalized spacial score (nSPS) is 16.8. The van der Waals surface area contributed by atoms with Gasteiger partial charge >= 0.3 is 0 Å². The number of thiazole rings is 1. The molecule has 1 heterocycles. The Morgan fingerprint density at radius 1 is 1.42 bits per heavy atom. The van der Waals surface area contributed by atoms with E-state index in [1.165, 1.54) is 24.2 Å². The maximum atomic E-state index is 11.2. The van der Waals surface area contributed by atoms with Gasteiger partial charge in [0.15, 0.2) is 0 Å². The Morgan fingerprint density at radius 2 is 2.05 bits per heavy atom. The summed E-state index contributed by atoms with van der Waals surface area (Å²) in [5.74, 6) is -0.176. The molecule has 1 aromatic heterocycles. The molecular weight excluding hydrogens is 282 g/mol. The number of nitrogens with zero attached hydrogens (tertiary/aromatic N) is 1. The van der Waals surface area contributed by atoms with Gasteiger partial charge in [-0.3, -0.25) is 0 Å². The number of hydrogen-bond donors (Lipinski definition) is 2. The quantitative estimate of drug-likeness (QED) is 0.863. The summed E-state index contributed by atoms with van der Waals surface area (Å²) in [7, 11) is -3.52. The molecule has 7 heteroatoms. The Kier molecular flexibility index (Phi) is 4.02. The molecule has 19 heavy (non-hydrogen) atoms. The van der Waals surface area contributed by atoms with Gasteiger partial charge in [0, 0.05) is 22.9 Å². The first-order chi connectivity index (χ1) is 8.65. The largest absolute Gasteiger partial charge is 0.309 e. The molecular formula is C12H21N3O2S2. The Morgan fingerprint density at radius 3 is 2.53 bits per heavy atom. The predicted octanol–water partition coefficient (Wildman–Crippen LogP) is 1.48. The van der Waals surface area contributed by atoms with Crippen LogP contribution in [0.5, 0.6) is 0 Å². The molecule has 1 saturated carbocycles. The lowest BCUT2D eigenvalue weighted by atomic mass is 9.91. The molecule has 1 fully saturated rings. The molecule has 108 valence electrons. The second-order valence-corrected chi connectivity index (χ2v) is 8.87. The Hall–Kier alpha value is -0.500. The van der Waals surface area contributed by atoms with Crippen molar-refractivity contribution in [1.82, 2.24) is 10.3 Å². The minimum Gasteiger partial charge on any atom is -0.309 e. The zero-order valence-corrected chi connectivity index (χ0v) is 13.2. The average Bonchev–Trinajstić information content (AvgIpc) is 2.94. The van der Waals surface area contributed by atoms with Crippen LogP contribution in [0.4, 0.5) is 0 Å². The molecule has 0 aliphatic heterocycles. The highest BCUT2D eigenvalue weighted by Crippen LogP contribution is 2.31. The lowest BCUT2D eigenvalue weighted by Crippen LogP contribution is -2.20. The van der Waals surface area contributed by atoms with E-state index in [0.717, 1.165) is 17.1 Å². The highest BCUT2D eigenvalue weighted by atomic mass is 32.2. The molecule has 0 bridgehead atoms. The summed E-state index contributed by atoms with van der Waals surface area (Å²) in [6, 6.07) is 0.622. The van der Waals surface area contributed by atoms with Gasteiger partial charge in [-0.1, -0.05) is 20.8 Å². The Balaban J connectivity index is 2.22. The van der Waals surface area contributed by atoms with Gasteiger partial charge in [0.05, 0.1) is 5.69 Å². The number of hydrogen-bond acceptors (Lipinski definition) is 5. The van der Waals surface area contributed by atoms with E-state index in [1.54, 1.807) is 0 Å². The lowest BCUT2D eigenvalue weighted by Gasteiger charge is -2.17. The fourth-order valence-corrected chi connectivity index (χ4v) is 4.03. The standard InChI is InChI=1S/C12H21N3O2S2/c1-12(2,3)11-9(6-14-8-4-5-8)18-10(15-11)7-19(13,16)17/h8,14H,4-7H2,1-3H3,(H2,13,16,17). The lowest BCUT2D eigenvalue weighted by molar-refractivity contribution is 0.557. The summed E-state index contributed by atoms with van der Waals surface area (Å²) in [5.41, 5.74) is 0.887. The molecule has 2 rings (SSSR count). The van der Waals surface area contributed by atoms with Gasteiger partial charge in [-0.05, 0) is 12.8 Å². The first-order valence-corrected chi connectivity index (χ1v) is 8.91. The average molecular weight is 303 g/mol. The zero-order chi connectivity index (χ0) is 14.3. The van der Waals surface area contributed by atoms with Gasteiger partial charge in [0.1, 0.15) is 10.8 Å². The third-order valence-corrected chi connectivity index (χ3v) is 4.82. The minimum atomic E-state index is -3.52. The third kappa shape index (κ3) is 4.52. The fraction of sp³-hybridized carbons (Fsp3) is 0.750. The maximum Gasteiger partial charge on any atom is 0.215 e. The number of nitrogens with two attached hydrogens (primary N) is 1. The molecule has 0 amide bonds. The van der Waals surface area contributed by atoms with Gasteiger partial charge in [-0.15, -0.1) is 11.3 Å². The summed E-state index contributed by atoms with van der Waals surface area (Å²) in [4.78, 5) is 5.61. The summed E-state index contributed by atoms with van der Waals surface area (Å²) in [6.07, 6.45) is 2.46. The van der Waals surface area contributed by atoms with Gasteiger partial charge in [-0.25, -0.2) is 18.5 Å². The van der Waals surface area contributed by atoms with Crippen molar-refractivity contribution in [1.29, 1.82) is 0 Å². The van der Waals surface area contributed by atoms with Crippen molar-refractivity contribution >= 4 is 21.4 Å². The van der Waals surface area contributed by atoms with Crippen molar-refractivity contribution in [2.75, 3.05) is 0 Å². The van der Waals surface area contributed by atoms with Crippen LogP contribution in [0.25, 0.3) is 0 Å². The second kappa shape index (κ2) is 5.12. The molecule has 0 saturated heterocycles. The van der Waals surface area contributed by atoms with E-state index < -0.39 is 10.0 Å². The molecule has 0 radical (unpaired) electrons. The maximum absolute atomic E-state index is 11.2. The molecule has 0 unspecified atom stereocenters.